The van der Waals surface area contributed by atoms with Crippen LogP contribution < -0.4 is 0 Å². The molecule has 1 aliphatic carbocycles. The summed E-state index contributed by atoms with van der Waals surface area (Å²) in [5.41, 5.74) is 0.566. The van der Waals surface area contributed by atoms with Gasteiger partial charge in [-0.1, -0.05) is 11.6 Å². The fraction of sp³-hybridized carbons (Fsp3) is 0.400. The summed E-state index contributed by atoms with van der Waals surface area (Å²) in [6.07, 6.45) is 1.42. The van der Waals surface area contributed by atoms with Crippen LogP contribution in [0, 0.1) is 6.92 Å². The van der Waals surface area contributed by atoms with Gasteiger partial charge in [0, 0.05) is 10.6 Å². The molecule has 0 bridgehead atoms. The highest BCUT2D eigenvalue weighted by atomic mass is 35.5. The van der Waals surface area contributed by atoms with Gasteiger partial charge in [0.2, 0.25) is 0 Å². The summed E-state index contributed by atoms with van der Waals surface area (Å²) in [5, 5.41) is 19.9. The molecule has 0 unspecified atom stereocenters. The highest BCUT2D eigenvalue weighted by Gasteiger charge is 2.44. The molecule has 3 heteroatoms. The molecule has 0 aliphatic heterocycles. The number of hydrogen-bond donors (Lipinski definition) is 2. The van der Waals surface area contributed by atoms with Crippen molar-refractivity contribution in [2.75, 3.05) is 0 Å². The molecule has 13 heavy (non-hydrogen) atoms. The average Bonchev–Trinajstić information content (AvgIpc) is 2.77. The van der Waals surface area contributed by atoms with Gasteiger partial charge in [0.15, 0.2) is 0 Å². The molecule has 1 aromatic rings. The van der Waals surface area contributed by atoms with Crippen molar-refractivity contribution in [3.05, 3.63) is 28.3 Å². The van der Waals surface area contributed by atoms with Crippen LogP contribution in [0.3, 0.4) is 0 Å². The maximum absolute atomic E-state index is 9.78. The van der Waals surface area contributed by atoms with Crippen LogP contribution in [0.2, 0.25) is 5.02 Å². The zero-order valence-electron chi connectivity index (χ0n) is 7.34. The van der Waals surface area contributed by atoms with Crippen molar-refractivity contribution >= 4 is 11.6 Å². The van der Waals surface area contributed by atoms with Crippen molar-refractivity contribution in [1.29, 1.82) is 0 Å². The molecular formula is C10H11ClO2. The number of benzene rings is 1. The van der Waals surface area contributed by atoms with E-state index in [9.17, 15) is 10.2 Å². The predicted octanol–water partition coefficient (Wildman–Crippen LogP) is 2.34. The predicted molar refractivity (Wildman–Crippen MR) is 51.0 cm³/mol. The van der Waals surface area contributed by atoms with Gasteiger partial charge in [-0.3, -0.25) is 0 Å². The molecular weight excluding hydrogens is 188 g/mol. The maximum atomic E-state index is 9.78. The Morgan fingerprint density at radius 2 is 2.00 bits per heavy atom. The lowest BCUT2D eigenvalue weighted by Crippen LogP contribution is -2.04. The second-order valence-corrected chi connectivity index (χ2v) is 4.06. The first-order valence-corrected chi connectivity index (χ1v) is 4.63. The van der Waals surface area contributed by atoms with Crippen LogP contribution in [-0.2, 0) is 5.60 Å². The van der Waals surface area contributed by atoms with E-state index in [1.54, 1.807) is 12.1 Å². The number of rotatable bonds is 1. The number of hydrogen-bond acceptors (Lipinski definition) is 2. The van der Waals surface area contributed by atoms with Crippen molar-refractivity contribution in [3.63, 3.8) is 0 Å². The van der Waals surface area contributed by atoms with E-state index in [1.807, 2.05) is 6.92 Å². The summed E-state index contributed by atoms with van der Waals surface area (Å²) in [6, 6.07) is 3.24. The molecule has 2 nitrogen and oxygen atoms in total. The molecule has 1 saturated carbocycles. The SMILES string of the molecule is Cc1cc(O)c(C2(O)CC2)cc1Cl. The zero-order chi connectivity index (χ0) is 9.64. The van der Waals surface area contributed by atoms with Gasteiger partial charge < -0.3 is 10.2 Å². The second-order valence-electron chi connectivity index (χ2n) is 3.65. The lowest BCUT2D eigenvalue weighted by Gasteiger charge is -2.11. The van der Waals surface area contributed by atoms with Crippen molar-refractivity contribution in [3.8, 4) is 5.75 Å². The van der Waals surface area contributed by atoms with Crippen LogP contribution in [0.4, 0.5) is 0 Å². The van der Waals surface area contributed by atoms with Gasteiger partial charge >= 0.3 is 0 Å². The first-order chi connectivity index (χ1) is 6.03. The number of aromatic hydroxyl groups is 1. The number of halogens is 1. The molecule has 0 atom stereocenters. The first-order valence-electron chi connectivity index (χ1n) is 4.25. The molecule has 2 rings (SSSR count). The second kappa shape index (κ2) is 2.63. The van der Waals surface area contributed by atoms with Gasteiger partial charge in [-0.05, 0) is 37.5 Å². The van der Waals surface area contributed by atoms with Gasteiger partial charge in [0.25, 0.3) is 0 Å². The molecule has 1 aromatic carbocycles. The summed E-state index contributed by atoms with van der Waals surface area (Å²) in [7, 11) is 0. The van der Waals surface area contributed by atoms with Crippen molar-refractivity contribution in [2.45, 2.75) is 25.4 Å². The molecule has 2 N–H and O–H groups in total. The van der Waals surface area contributed by atoms with E-state index in [4.69, 9.17) is 11.6 Å². The molecule has 1 fully saturated rings. The monoisotopic (exact) mass is 198 g/mol. The zero-order valence-corrected chi connectivity index (χ0v) is 8.10. The maximum Gasteiger partial charge on any atom is 0.122 e. The third kappa shape index (κ3) is 1.40. The quantitative estimate of drug-likeness (QED) is 0.727. The molecule has 0 heterocycles. The standard InChI is InChI=1S/C10H11ClO2/c1-6-4-9(12)7(5-8(6)11)10(13)2-3-10/h4-5,12-13H,2-3H2,1H3. The van der Waals surface area contributed by atoms with Crippen molar-refractivity contribution in [1.82, 2.24) is 0 Å². The van der Waals surface area contributed by atoms with E-state index in [0.29, 0.717) is 23.4 Å². The Morgan fingerprint density at radius 3 is 2.54 bits per heavy atom. The Labute approximate surface area is 81.8 Å². The van der Waals surface area contributed by atoms with Gasteiger partial charge in [0.05, 0.1) is 5.60 Å². The fourth-order valence-electron chi connectivity index (χ4n) is 1.43. The van der Waals surface area contributed by atoms with E-state index >= 15 is 0 Å². The summed E-state index contributed by atoms with van der Waals surface area (Å²) >= 11 is 5.90. The Balaban J connectivity index is 2.52. The van der Waals surface area contributed by atoms with Crippen molar-refractivity contribution < 1.29 is 10.2 Å². The fourth-order valence-corrected chi connectivity index (χ4v) is 1.59. The third-order valence-electron chi connectivity index (χ3n) is 2.50. The molecule has 0 radical (unpaired) electrons. The minimum absolute atomic E-state index is 0.141. The number of aryl methyl sites for hydroxylation is 1. The normalized spacial score (nSPS) is 18.7. The summed E-state index contributed by atoms with van der Waals surface area (Å²) < 4.78 is 0. The molecule has 0 amide bonds. The van der Waals surface area contributed by atoms with Gasteiger partial charge in [-0.15, -0.1) is 0 Å². The summed E-state index contributed by atoms with van der Waals surface area (Å²) in [4.78, 5) is 0. The molecule has 0 spiro atoms. The Kier molecular flexibility index (Phi) is 1.79. The number of phenolic OH excluding ortho intramolecular Hbond substituents is 1. The van der Waals surface area contributed by atoms with Gasteiger partial charge in [0.1, 0.15) is 5.75 Å². The van der Waals surface area contributed by atoms with Gasteiger partial charge in [-0.25, -0.2) is 0 Å². The van der Waals surface area contributed by atoms with Crippen molar-refractivity contribution in [2.24, 2.45) is 0 Å². The topological polar surface area (TPSA) is 40.5 Å². The molecule has 1 aliphatic rings. The highest BCUT2D eigenvalue weighted by Crippen LogP contribution is 2.49. The Morgan fingerprint density at radius 1 is 1.38 bits per heavy atom. The van der Waals surface area contributed by atoms with Crippen LogP contribution in [-0.4, -0.2) is 10.2 Å². The van der Waals surface area contributed by atoms with E-state index in [1.165, 1.54) is 0 Å². The third-order valence-corrected chi connectivity index (χ3v) is 2.91. The van der Waals surface area contributed by atoms with Crippen LogP contribution >= 0.6 is 11.6 Å². The highest BCUT2D eigenvalue weighted by molar-refractivity contribution is 6.31. The van der Waals surface area contributed by atoms with Crippen LogP contribution in [0.5, 0.6) is 5.75 Å². The Bertz CT molecular complexity index is 356. The van der Waals surface area contributed by atoms with E-state index < -0.39 is 5.60 Å². The number of aliphatic hydroxyl groups is 1. The Hall–Kier alpha value is -0.730. The first kappa shape index (κ1) is 8.85. The smallest absolute Gasteiger partial charge is 0.122 e. The summed E-state index contributed by atoms with van der Waals surface area (Å²) in [5.74, 6) is 0.141. The minimum Gasteiger partial charge on any atom is -0.508 e. The van der Waals surface area contributed by atoms with E-state index in [-0.39, 0.29) is 5.75 Å². The van der Waals surface area contributed by atoms with Crippen LogP contribution in [0.25, 0.3) is 0 Å². The molecule has 70 valence electrons. The minimum atomic E-state index is -0.818. The van der Waals surface area contributed by atoms with E-state index in [2.05, 4.69) is 0 Å². The molecule has 0 saturated heterocycles. The largest absolute Gasteiger partial charge is 0.508 e. The lowest BCUT2D eigenvalue weighted by molar-refractivity contribution is 0.148. The molecule has 0 aromatic heterocycles. The number of phenols is 1. The van der Waals surface area contributed by atoms with Crippen LogP contribution in [0.1, 0.15) is 24.0 Å². The average molecular weight is 199 g/mol. The summed E-state index contributed by atoms with van der Waals surface area (Å²) in [6.45, 7) is 1.82. The van der Waals surface area contributed by atoms with Crippen LogP contribution in [0.15, 0.2) is 12.1 Å². The lowest BCUT2D eigenvalue weighted by atomic mass is 10.0. The van der Waals surface area contributed by atoms with Gasteiger partial charge in [-0.2, -0.15) is 0 Å². The van der Waals surface area contributed by atoms with E-state index in [0.717, 1.165) is 5.56 Å².